The fraction of sp³-hybridized carbons (Fsp3) is 0.500. The summed E-state index contributed by atoms with van der Waals surface area (Å²) in [5.74, 6) is 0.142. The Morgan fingerprint density at radius 3 is 2.61 bits per heavy atom. The summed E-state index contributed by atoms with van der Waals surface area (Å²) in [6.07, 6.45) is 1.64. The molecule has 2 aliphatic carbocycles. The first-order valence-corrected chi connectivity index (χ1v) is 9.45. The monoisotopic (exact) mass is 333 g/mol. The van der Waals surface area contributed by atoms with Gasteiger partial charge in [-0.1, -0.05) is 30.3 Å². The summed E-state index contributed by atoms with van der Waals surface area (Å²) >= 11 is 0. The van der Waals surface area contributed by atoms with Gasteiger partial charge in [0.05, 0.1) is 11.3 Å². The van der Waals surface area contributed by atoms with E-state index in [4.69, 9.17) is 0 Å². The lowest BCUT2D eigenvalue weighted by Crippen LogP contribution is -2.14. The Kier molecular flexibility index (Phi) is 2.49. The van der Waals surface area contributed by atoms with Crippen molar-refractivity contribution >= 4 is 9.84 Å². The second kappa shape index (κ2) is 4.20. The van der Waals surface area contributed by atoms with Crippen LogP contribution in [0.4, 0.5) is 4.39 Å². The zero-order valence-corrected chi connectivity index (χ0v) is 13.2. The lowest BCUT2D eigenvalue weighted by atomic mass is 10.0. The molecule has 2 aromatic rings. The largest absolute Gasteiger partial charge is 0.267 e. The molecular weight excluding hydrogens is 317 g/mol. The van der Waals surface area contributed by atoms with Crippen LogP contribution in [0.25, 0.3) is 0 Å². The van der Waals surface area contributed by atoms with Crippen molar-refractivity contribution < 1.29 is 12.8 Å². The topological polar surface area (TPSA) is 64.8 Å². The summed E-state index contributed by atoms with van der Waals surface area (Å²) < 4.78 is 41.1. The SMILES string of the molecule is O=S(=O)(c1nc2n(n1)[C@H](c1ccccc1)C[C@@H]2F)C1CC12CC2. The van der Waals surface area contributed by atoms with E-state index in [9.17, 15) is 12.8 Å². The number of benzene rings is 1. The summed E-state index contributed by atoms with van der Waals surface area (Å²) in [5.41, 5.74) is 0.926. The van der Waals surface area contributed by atoms with Gasteiger partial charge in [-0.2, -0.15) is 4.98 Å². The van der Waals surface area contributed by atoms with E-state index >= 15 is 0 Å². The fourth-order valence-corrected chi connectivity index (χ4v) is 5.92. The molecule has 2 saturated carbocycles. The van der Waals surface area contributed by atoms with Gasteiger partial charge in [0, 0.05) is 6.42 Å². The molecule has 1 aromatic heterocycles. The van der Waals surface area contributed by atoms with E-state index in [2.05, 4.69) is 10.1 Å². The van der Waals surface area contributed by atoms with Crippen molar-refractivity contribution in [2.45, 2.75) is 48.3 Å². The Morgan fingerprint density at radius 2 is 1.96 bits per heavy atom. The molecule has 0 amide bonds. The Bertz CT molecular complexity index is 889. The maximum absolute atomic E-state index is 14.3. The van der Waals surface area contributed by atoms with Crippen LogP contribution >= 0.6 is 0 Å². The minimum absolute atomic E-state index is 0.00250. The second-order valence-corrected chi connectivity index (χ2v) is 8.95. The zero-order valence-electron chi connectivity index (χ0n) is 12.4. The van der Waals surface area contributed by atoms with Crippen molar-refractivity contribution in [3.05, 3.63) is 41.7 Å². The van der Waals surface area contributed by atoms with E-state index in [1.165, 1.54) is 4.68 Å². The number of aromatic nitrogens is 3. The van der Waals surface area contributed by atoms with Gasteiger partial charge >= 0.3 is 0 Å². The average molecular weight is 333 g/mol. The van der Waals surface area contributed by atoms with Crippen LogP contribution in [0.3, 0.4) is 0 Å². The molecule has 1 aliphatic heterocycles. The number of nitrogens with zero attached hydrogens (tertiary/aromatic N) is 3. The van der Waals surface area contributed by atoms with Crippen LogP contribution < -0.4 is 0 Å². The molecule has 0 radical (unpaired) electrons. The molecule has 5 nitrogen and oxygen atoms in total. The highest BCUT2D eigenvalue weighted by Gasteiger charge is 2.69. The van der Waals surface area contributed by atoms with Gasteiger partial charge in [0.1, 0.15) is 0 Å². The Hall–Kier alpha value is -1.76. The molecule has 7 heteroatoms. The summed E-state index contributed by atoms with van der Waals surface area (Å²) in [6.45, 7) is 0. The van der Waals surface area contributed by atoms with Crippen LogP contribution in [0.15, 0.2) is 35.5 Å². The molecule has 0 bridgehead atoms. The number of rotatable bonds is 3. The standard InChI is InChI=1S/C16H16FN3O2S/c17-11-8-12(10-4-2-1-3-5-10)20-14(11)18-15(19-20)23(21,22)13-9-16(13)6-7-16/h1-5,11-13H,6-9H2/t11-,12-,13?/m0/s1. The summed E-state index contributed by atoms with van der Waals surface area (Å²) in [4.78, 5) is 4.06. The molecule has 120 valence electrons. The highest BCUT2D eigenvalue weighted by atomic mass is 32.2. The molecule has 23 heavy (non-hydrogen) atoms. The molecule has 3 atom stereocenters. The van der Waals surface area contributed by atoms with Gasteiger partial charge in [-0.05, 0) is 30.2 Å². The molecule has 0 N–H and O–H groups in total. The van der Waals surface area contributed by atoms with Crippen LogP contribution in [0.2, 0.25) is 0 Å². The molecule has 1 aromatic carbocycles. The van der Waals surface area contributed by atoms with Crippen LogP contribution in [0.1, 0.15) is 49.3 Å². The first kappa shape index (κ1) is 13.7. The van der Waals surface area contributed by atoms with Crippen LogP contribution in [-0.4, -0.2) is 28.4 Å². The van der Waals surface area contributed by atoms with Gasteiger partial charge in [-0.15, -0.1) is 5.10 Å². The summed E-state index contributed by atoms with van der Waals surface area (Å²) in [6, 6.07) is 9.19. The third-order valence-corrected chi connectivity index (χ3v) is 7.56. The van der Waals surface area contributed by atoms with E-state index < -0.39 is 16.0 Å². The smallest absolute Gasteiger partial charge is 0.239 e. The van der Waals surface area contributed by atoms with Crippen molar-refractivity contribution in [2.24, 2.45) is 5.41 Å². The van der Waals surface area contributed by atoms with Crippen molar-refractivity contribution in [3.63, 3.8) is 0 Å². The maximum Gasteiger partial charge on any atom is 0.267 e. The Morgan fingerprint density at radius 1 is 1.22 bits per heavy atom. The molecular formula is C16H16FN3O2S. The van der Waals surface area contributed by atoms with Crippen molar-refractivity contribution in [1.82, 2.24) is 14.8 Å². The van der Waals surface area contributed by atoms with Crippen LogP contribution in [0, 0.1) is 5.41 Å². The van der Waals surface area contributed by atoms with E-state index in [1.54, 1.807) is 0 Å². The lowest BCUT2D eigenvalue weighted by molar-refractivity contribution is 0.326. The molecule has 3 aliphatic rings. The van der Waals surface area contributed by atoms with E-state index in [1.807, 2.05) is 30.3 Å². The fourth-order valence-electron chi connectivity index (χ4n) is 3.80. The van der Waals surface area contributed by atoms with Crippen molar-refractivity contribution in [3.8, 4) is 0 Å². The van der Waals surface area contributed by atoms with Crippen molar-refractivity contribution in [1.29, 1.82) is 0 Å². The second-order valence-electron chi connectivity index (χ2n) is 6.93. The molecule has 5 rings (SSSR count). The Labute approximate surface area is 133 Å². The van der Waals surface area contributed by atoms with Gasteiger partial charge < -0.3 is 0 Å². The molecule has 2 fully saturated rings. The van der Waals surface area contributed by atoms with Gasteiger partial charge in [0.2, 0.25) is 9.84 Å². The molecule has 2 heterocycles. The minimum atomic E-state index is -3.53. The number of hydrogen-bond donors (Lipinski definition) is 0. The number of hydrogen-bond acceptors (Lipinski definition) is 4. The van der Waals surface area contributed by atoms with E-state index in [0.29, 0.717) is 6.42 Å². The number of sulfone groups is 1. The third-order valence-electron chi connectivity index (χ3n) is 5.46. The Balaban J connectivity index is 1.55. The lowest BCUT2D eigenvalue weighted by Gasteiger charge is -2.11. The normalized spacial score (nSPS) is 30.4. The predicted octanol–water partition coefficient (Wildman–Crippen LogP) is 2.61. The average Bonchev–Trinajstić information content (AvgIpc) is 3.40. The zero-order chi connectivity index (χ0) is 15.8. The van der Waals surface area contributed by atoms with E-state index in [-0.39, 0.29) is 34.1 Å². The van der Waals surface area contributed by atoms with Gasteiger partial charge in [0.25, 0.3) is 5.16 Å². The van der Waals surface area contributed by atoms with E-state index in [0.717, 1.165) is 18.4 Å². The van der Waals surface area contributed by atoms with Crippen LogP contribution in [0.5, 0.6) is 0 Å². The highest BCUT2D eigenvalue weighted by Crippen LogP contribution is 2.69. The van der Waals surface area contributed by atoms with Crippen molar-refractivity contribution in [2.75, 3.05) is 0 Å². The first-order valence-electron chi connectivity index (χ1n) is 7.91. The van der Waals surface area contributed by atoms with Crippen LogP contribution in [-0.2, 0) is 9.84 Å². The third kappa shape index (κ3) is 1.86. The predicted molar refractivity (Wildman–Crippen MR) is 80.3 cm³/mol. The van der Waals surface area contributed by atoms with Gasteiger partial charge in [0.15, 0.2) is 12.0 Å². The molecule has 0 saturated heterocycles. The summed E-state index contributed by atoms with van der Waals surface area (Å²) in [7, 11) is -3.53. The highest BCUT2D eigenvalue weighted by molar-refractivity contribution is 7.92. The maximum atomic E-state index is 14.3. The molecule has 1 unspecified atom stereocenters. The first-order chi connectivity index (χ1) is 11.0. The number of alkyl halides is 1. The number of fused-ring (bicyclic) bond motifs is 1. The van der Waals surface area contributed by atoms with Gasteiger partial charge in [-0.3, -0.25) is 0 Å². The quantitative estimate of drug-likeness (QED) is 0.866. The van der Waals surface area contributed by atoms with Gasteiger partial charge in [-0.25, -0.2) is 17.5 Å². The number of halogens is 1. The molecule has 1 spiro atoms. The minimum Gasteiger partial charge on any atom is -0.239 e. The summed E-state index contributed by atoms with van der Waals surface area (Å²) in [5, 5.41) is 3.66.